The Labute approximate surface area is 150 Å². The molecule has 2 N–H and O–H groups in total. The van der Waals surface area contributed by atoms with E-state index in [4.69, 9.17) is 4.74 Å². The number of nitrogens with one attached hydrogen (secondary N) is 1. The molecule has 2 atom stereocenters. The Morgan fingerprint density at radius 2 is 2.12 bits per heavy atom. The standard InChI is InChI=1S/C17H22N4O3S/c1-3-21(14-9-24-10-15(14)22)8-12-4-6-13(7-5-12)16(23)18-17-20-19-11(2)25-17/h4-7,14-15,22H,3,8-10H2,1-2H3,(H,18,20,23)/t14-,15-/m1/s1. The summed E-state index contributed by atoms with van der Waals surface area (Å²) < 4.78 is 5.34. The van der Waals surface area contributed by atoms with Crippen LogP contribution in [0.2, 0.25) is 0 Å². The van der Waals surface area contributed by atoms with Crippen LogP contribution in [0.5, 0.6) is 0 Å². The number of nitrogens with zero attached hydrogens (tertiary/aromatic N) is 3. The van der Waals surface area contributed by atoms with Gasteiger partial charge in [0, 0.05) is 12.1 Å². The molecule has 2 heterocycles. The molecular weight excluding hydrogens is 340 g/mol. The van der Waals surface area contributed by atoms with Gasteiger partial charge in [-0.05, 0) is 31.2 Å². The first-order valence-electron chi connectivity index (χ1n) is 8.27. The van der Waals surface area contributed by atoms with Crippen LogP contribution in [0.3, 0.4) is 0 Å². The van der Waals surface area contributed by atoms with Gasteiger partial charge in [0.05, 0.1) is 25.4 Å². The minimum absolute atomic E-state index is 0.0219. The summed E-state index contributed by atoms with van der Waals surface area (Å²) in [6, 6.07) is 7.49. The molecule has 0 aliphatic carbocycles. The fourth-order valence-corrected chi connectivity index (χ4v) is 3.44. The van der Waals surface area contributed by atoms with Gasteiger partial charge < -0.3 is 9.84 Å². The van der Waals surface area contributed by atoms with Gasteiger partial charge in [-0.1, -0.05) is 30.4 Å². The lowest BCUT2D eigenvalue weighted by molar-refractivity contribution is 0.0808. The minimum Gasteiger partial charge on any atom is -0.389 e. The summed E-state index contributed by atoms with van der Waals surface area (Å²) in [5, 5.41) is 21.8. The number of aromatic nitrogens is 2. The number of anilines is 1. The smallest absolute Gasteiger partial charge is 0.257 e. The van der Waals surface area contributed by atoms with E-state index in [-0.39, 0.29) is 11.9 Å². The van der Waals surface area contributed by atoms with E-state index >= 15 is 0 Å². The normalized spacial score (nSPS) is 20.2. The third-order valence-corrected chi connectivity index (χ3v) is 5.00. The van der Waals surface area contributed by atoms with Crippen molar-refractivity contribution < 1.29 is 14.6 Å². The zero-order chi connectivity index (χ0) is 17.8. The first-order chi connectivity index (χ1) is 12.1. The summed E-state index contributed by atoms with van der Waals surface area (Å²) in [6.07, 6.45) is -0.444. The maximum Gasteiger partial charge on any atom is 0.257 e. The molecule has 0 bridgehead atoms. The van der Waals surface area contributed by atoms with Crippen LogP contribution in [0.15, 0.2) is 24.3 Å². The second-order valence-electron chi connectivity index (χ2n) is 6.01. The van der Waals surface area contributed by atoms with E-state index < -0.39 is 6.10 Å². The molecule has 0 radical (unpaired) electrons. The first kappa shape index (κ1) is 17.9. The van der Waals surface area contributed by atoms with E-state index in [0.717, 1.165) is 17.1 Å². The molecule has 134 valence electrons. The molecule has 1 aromatic heterocycles. The number of benzene rings is 1. The number of aryl methyl sites for hydroxylation is 1. The summed E-state index contributed by atoms with van der Waals surface area (Å²) in [7, 11) is 0. The van der Waals surface area contributed by atoms with Gasteiger partial charge in [-0.25, -0.2) is 0 Å². The maximum absolute atomic E-state index is 12.2. The third-order valence-electron chi connectivity index (χ3n) is 4.24. The second-order valence-corrected chi connectivity index (χ2v) is 7.19. The highest BCUT2D eigenvalue weighted by atomic mass is 32.1. The highest BCUT2D eigenvalue weighted by Gasteiger charge is 2.30. The van der Waals surface area contributed by atoms with Gasteiger partial charge in [-0.2, -0.15) is 0 Å². The molecule has 1 amide bonds. The van der Waals surface area contributed by atoms with Gasteiger partial charge in [0.2, 0.25) is 5.13 Å². The number of ether oxygens (including phenoxy) is 1. The Bertz CT molecular complexity index is 719. The van der Waals surface area contributed by atoms with Crippen LogP contribution in [-0.2, 0) is 11.3 Å². The fourth-order valence-electron chi connectivity index (χ4n) is 2.86. The Morgan fingerprint density at radius 3 is 2.68 bits per heavy atom. The van der Waals surface area contributed by atoms with E-state index in [0.29, 0.717) is 30.5 Å². The number of aliphatic hydroxyl groups excluding tert-OH is 1. The van der Waals surface area contributed by atoms with Crippen molar-refractivity contribution in [3.63, 3.8) is 0 Å². The molecule has 8 heteroatoms. The quantitative estimate of drug-likeness (QED) is 0.813. The number of amides is 1. The monoisotopic (exact) mass is 362 g/mol. The van der Waals surface area contributed by atoms with Crippen molar-refractivity contribution in [1.29, 1.82) is 0 Å². The largest absolute Gasteiger partial charge is 0.389 e. The van der Waals surface area contributed by atoms with Crippen molar-refractivity contribution in [1.82, 2.24) is 15.1 Å². The number of hydrogen-bond acceptors (Lipinski definition) is 7. The number of hydrogen-bond donors (Lipinski definition) is 2. The fraction of sp³-hybridized carbons (Fsp3) is 0.471. The molecule has 3 rings (SSSR count). The number of aliphatic hydroxyl groups is 1. The summed E-state index contributed by atoms with van der Waals surface area (Å²) in [6.45, 7) is 6.38. The van der Waals surface area contributed by atoms with Crippen molar-refractivity contribution >= 4 is 22.4 Å². The number of carbonyl (C=O) groups excluding carboxylic acids is 1. The molecule has 0 unspecified atom stereocenters. The summed E-state index contributed by atoms with van der Waals surface area (Å²) >= 11 is 1.34. The van der Waals surface area contributed by atoms with Crippen molar-refractivity contribution in [2.45, 2.75) is 32.5 Å². The molecule has 1 aliphatic heterocycles. The average Bonchev–Trinajstić information content (AvgIpc) is 3.21. The predicted molar refractivity (Wildman–Crippen MR) is 95.7 cm³/mol. The van der Waals surface area contributed by atoms with Crippen molar-refractivity contribution in [3.8, 4) is 0 Å². The van der Waals surface area contributed by atoms with Gasteiger partial charge in [-0.3, -0.25) is 15.0 Å². The number of carbonyl (C=O) groups is 1. The van der Waals surface area contributed by atoms with Gasteiger partial charge in [0.15, 0.2) is 0 Å². The van der Waals surface area contributed by atoms with Gasteiger partial charge >= 0.3 is 0 Å². The van der Waals surface area contributed by atoms with Crippen LogP contribution >= 0.6 is 11.3 Å². The maximum atomic E-state index is 12.2. The molecule has 1 fully saturated rings. The van der Waals surface area contributed by atoms with Gasteiger partial charge in [0.1, 0.15) is 5.01 Å². The number of rotatable bonds is 6. The van der Waals surface area contributed by atoms with E-state index in [1.165, 1.54) is 11.3 Å². The molecule has 1 aromatic carbocycles. The third kappa shape index (κ3) is 4.40. The Kier molecular flexibility index (Phi) is 5.74. The lowest BCUT2D eigenvalue weighted by atomic mass is 10.1. The van der Waals surface area contributed by atoms with E-state index in [1.807, 2.05) is 19.1 Å². The lowest BCUT2D eigenvalue weighted by Crippen LogP contribution is -2.42. The van der Waals surface area contributed by atoms with Gasteiger partial charge in [0.25, 0.3) is 5.91 Å². The van der Waals surface area contributed by atoms with Crippen LogP contribution in [0, 0.1) is 6.92 Å². The zero-order valence-corrected chi connectivity index (χ0v) is 15.1. The van der Waals surface area contributed by atoms with Crippen LogP contribution < -0.4 is 5.32 Å². The van der Waals surface area contributed by atoms with Crippen molar-refractivity contribution in [2.24, 2.45) is 0 Å². The second kappa shape index (κ2) is 8.01. The van der Waals surface area contributed by atoms with E-state index in [9.17, 15) is 9.90 Å². The first-order valence-corrected chi connectivity index (χ1v) is 9.08. The predicted octanol–water partition coefficient (Wildman–Crippen LogP) is 1.68. The molecule has 7 nitrogen and oxygen atoms in total. The highest BCUT2D eigenvalue weighted by molar-refractivity contribution is 7.15. The molecular formula is C17H22N4O3S. The van der Waals surface area contributed by atoms with Crippen LogP contribution in [-0.4, -0.2) is 58.0 Å². The van der Waals surface area contributed by atoms with E-state index in [2.05, 4.69) is 27.3 Å². The topological polar surface area (TPSA) is 87.6 Å². The van der Waals surface area contributed by atoms with E-state index in [1.54, 1.807) is 12.1 Å². The van der Waals surface area contributed by atoms with Crippen molar-refractivity contribution in [2.75, 3.05) is 25.1 Å². The number of likely N-dealkylation sites (N-methyl/N-ethyl adjacent to an activating group) is 1. The molecule has 0 spiro atoms. The Hall–Kier alpha value is -1.87. The van der Waals surface area contributed by atoms with Crippen LogP contribution in [0.4, 0.5) is 5.13 Å². The van der Waals surface area contributed by atoms with Gasteiger partial charge in [-0.15, -0.1) is 10.2 Å². The highest BCUT2D eigenvalue weighted by Crippen LogP contribution is 2.18. The summed E-state index contributed by atoms with van der Waals surface area (Å²) in [4.78, 5) is 14.4. The van der Waals surface area contributed by atoms with Crippen molar-refractivity contribution in [3.05, 3.63) is 40.4 Å². The Balaban J connectivity index is 1.62. The Morgan fingerprint density at radius 1 is 1.36 bits per heavy atom. The summed E-state index contributed by atoms with van der Waals surface area (Å²) in [5.41, 5.74) is 1.66. The SMILES string of the molecule is CCN(Cc1ccc(C(=O)Nc2nnc(C)s2)cc1)[C@@H]1COC[C@H]1O. The average molecular weight is 362 g/mol. The molecule has 1 saturated heterocycles. The molecule has 0 saturated carbocycles. The van der Waals surface area contributed by atoms with Crippen LogP contribution in [0.25, 0.3) is 0 Å². The minimum atomic E-state index is -0.444. The zero-order valence-electron chi connectivity index (χ0n) is 14.3. The lowest BCUT2D eigenvalue weighted by Gasteiger charge is -2.28. The summed E-state index contributed by atoms with van der Waals surface area (Å²) in [5.74, 6) is -0.199. The van der Waals surface area contributed by atoms with Crippen LogP contribution in [0.1, 0.15) is 27.9 Å². The molecule has 25 heavy (non-hydrogen) atoms. The molecule has 1 aliphatic rings. The molecule has 2 aromatic rings.